The lowest BCUT2D eigenvalue weighted by atomic mass is 10.1. The first-order chi connectivity index (χ1) is 13.2. The molecule has 0 bridgehead atoms. The van der Waals surface area contributed by atoms with Gasteiger partial charge in [-0.15, -0.1) is 0 Å². The summed E-state index contributed by atoms with van der Waals surface area (Å²) in [5, 5.41) is 9.25. The number of nitriles is 1. The van der Waals surface area contributed by atoms with Crippen molar-refractivity contribution in [1.29, 1.82) is 5.26 Å². The number of halogens is 1. The number of nitrogens with zero attached hydrogens (tertiary/aromatic N) is 5. The number of rotatable bonds is 4. The molecule has 3 aromatic rings. The third-order valence-electron chi connectivity index (χ3n) is 4.62. The molecule has 7 heteroatoms. The van der Waals surface area contributed by atoms with Gasteiger partial charge in [0.2, 0.25) is 5.95 Å². The normalized spacial score (nSPS) is 14.9. The number of anilines is 1. The van der Waals surface area contributed by atoms with Crippen LogP contribution < -0.4 is 4.90 Å². The molecule has 0 spiro atoms. The van der Waals surface area contributed by atoms with E-state index in [1.54, 1.807) is 6.07 Å². The standard InChI is InChI=1S/C20H18FN5O/c21-16-12-23-20(24-13-16)26-9-7-25(8-10-26)14-17-5-6-19(27-17)18-4-2-1-3-15(18)11-22/h1-6,12-13H,7-10,14H2. The number of piperazine rings is 1. The Labute approximate surface area is 156 Å². The number of furan rings is 1. The number of hydrogen-bond acceptors (Lipinski definition) is 6. The van der Waals surface area contributed by atoms with Crippen LogP contribution in [0.4, 0.5) is 10.3 Å². The van der Waals surface area contributed by atoms with Gasteiger partial charge >= 0.3 is 0 Å². The molecule has 6 nitrogen and oxygen atoms in total. The van der Waals surface area contributed by atoms with E-state index in [0.717, 1.165) is 37.5 Å². The van der Waals surface area contributed by atoms with Crippen LogP contribution in [-0.4, -0.2) is 41.0 Å². The monoisotopic (exact) mass is 363 g/mol. The van der Waals surface area contributed by atoms with E-state index in [9.17, 15) is 9.65 Å². The molecule has 3 heterocycles. The fourth-order valence-electron chi connectivity index (χ4n) is 3.20. The van der Waals surface area contributed by atoms with E-state index < -0.39 is 5.82 Å². The minimum atomic E-state index is -0.427. The number of benzene rings is 1. The summed E-state index contributed by atoms with van der Waals surface area (Å²) >= 11 is 0. The van der Waals surface area contributed by atoms with E-state index in [4.69, 9.17) is 4.42 Å². The topological polar surface area (TPSA) is 69.2 Å². The summed E-state index contributed by atoms with van der Waals surface area (Å²) in [5.74, 6) is 1.71. The van der Waals surface area contributed by atoms with E-state index in [-0.39, 0.29) is 0 Å². The molecule has 136 valence electrons. The smallest absolute Gasteiger partial charge is 0.225 e. The summed E-state index contributed by atoms with van der Waals surface area (Å²) in [6.07, 6.45) is 2.39. The lowest BCUT2D eigenvalue weighted by molar-refractivity contribution is 0.230. The van der Waals surface area contributed by atoms with Crippen molar-refractivity contribution in [2.45, 2.75) is 6.54 Å². The van der Waals surface area contributed by atoms with Crippen LogP contribution in [0.5, 0.6) is 0 Å². The minimum Gasteiger partial charge on any atom is -0.460 e. The second-order valence-electron chi connectivity index (χ2n) is 6.39. The fraction of sp³-hybridized carbons (Fsp3) is 0.250. The average Bonchev–Trinajstić information content (AvgIpc) is 3.17. The van der Waals surface area contributed by atoms with Crippen molar-refractivity contribution in [3.8, 4) is 17.4 Å². The SMILES string of the molecule is N#Cc1ccccc1-c1ccc(CN2CCN(c3ncc(F)cn3)CC2)o1. The Morgan fingerprint density at radius 2 is 1.78 bits per heavy atom. The van der Waals surface area contributed by atoms with Crippen LogP contribution in [0.3, 0.4) is 0 Å². The van der Waals surface area contributed by atoms with Crippen molar-refractivity contribution in [2.75, 3.05) is 31.1 Å². The highest BCUT2D eigenvalue weighted by atomic mass is 19.1. The Kier molecular flexibility index (Phi) is 4.81. The predicted octanol–water partition coefficient (Wildman–Crippen LogP) is 3.07. The Morgan fingerprint density at radius 1 is 1.04 bits per heavy atom. The molecule has 0 radical (unpaired) electrons. The van der Waals surface area contributed by atoms with Gasteiger partial charge in [0.1, 0.15) is 11.5 Å². The summed E-state index contributed by atoms with van der Waals surface area (Å²) in [5.41, 5.74) is 1.41. The minimum absolute atomic E-state index is 0.427. The molecule has 0 atom stereocenters. The lowest BCUT2D eigenvalue weighted by Gasteiger charge is -2.34. The molecule has 4 rings (SSSR count). The molecule has 1 aromatic carbocycles. The summed E-state index contributed by atoms with van der Waals surface area (Å²) in [4.78, 5) is 12.4. The third-order valence-corrected chi connectivity index (χ3v) is 4.62. The van der Waals surface area contributed by atoms with Gasteiger partial charge < -0.3 is 9.32 Å². The van der Waals surface area contributed by atoms with Gasteiger partial charge in [-0.05, 0) is 24.3 Å². The Balaban J connectivity index is 1.38. The highest BCUT2D eigenvalue weighted by molar-refractivity contribution is 5.66. The highest BCUT2D eigenvalue weighted by Crippen LogP contribution is 2.26. The molecule has 0 aliphatic carbocycles. The molecule has 0 unspecified atom stereocenters. The second-order valence-corrected chi connectivity index (χ2v) is 6.39. The summed E-state index contributed by atoms with van der Waals surface area (Å²) in [6.45, 7) is 3.93. The van der Waals surface area contributed by atoms with Crippen molar-refractivity contribution < 1.29 is 8.81 Å². The van der Waals surface area contributed by atoms with E-state index in [1.807, 2.05) is 35.2 Å². The van der Waals surface area contributed by atoms with Gasteiger partial charge in [-0.1, -0.05) is 12.1 Å². The maximum atomic E-state index is 13.0. The first kappa shape index (κ1) is 17.2. The maximum absolute atomic E-state index is 13.0. The zero-order valence-electron chi connectivity index (χ0n) is 14.7. The van der Waals surface area contributed by atoms with Crippen molar-refractivity contribution >= 4 is 5.95 Å². The Morgan fingerprint density at radius 3 is 2.52 bits per heavy atom. The number of hydrogen-bond donors (Lipinski definition) is 0. The molecule has 1 fully saturated rings. The molecule has 1 aliphatic rings. The largest absolute Gasteiger partial charge is 0.460 e. The van der Waals surface area contributed by atoms with Gasteiger partial charge in [0.25, 0.3) is 0 Å². The zero-order chi connectivity index (χ0) is 18.6. The van der Waals surface area contributed by atoms with Gasteiger partial charge in [-0.2, -0.15) is 5.26 Å². The second kappa shape index (κ2) is 7.56. The van der Waals surface area contributed by atoms with E-state index in [0.29, 0.717) is 23.8 Å². The van der Waals surface area contributed by atoms with Gasteiger partial charge in [-0.3, -0.25) is 4.90 Å². The van der Waals surface area contributed by atoms with E-state index >= 15 is 0 Å². The molecule has 27 heavy (non-hydrogen) atoms. The van der Waals surface area contributed by atoms with Crippen LogP contribution in [0, 0.1) is 17.1 Å². The summed E-state index contributed by atoms with van der Waals surface area (Å²) in [6, 6.07) is 13.5. The molecule has 2 aromatic heterocycles. The Hall–Kier alpha value is -3.24. The molecule has 1 saturated heterocycles. The Bertz CT molecular complexity index is 955. The van der Waals surface area contributed by atoms with Gasteiger partial charge in [0.05, 0.1) is 30.6 Å². The predicted molar refractivity (Wildman–Crippen MR) is 98.3 cm³/mol. The van der Waals surface area contributed by atoms with Crippen molar-refractivity contribution in [2.24, 2.45) is 0 Å². The van der Waals surface area contributed by atoms with Crippen LogP contribution in [-0.2, 0) is 6.54 Å². The molecule has 1 aliphatic heterocycles. The molecule has 0 N–H and O–H groups in total. The molecular weight excluding hydrogens is 345 g/mol. The van der Waals surface area contributed by atoms with E-state index in [2.05, 4.69) is 20.9 Å². The van der Waals surface area contributed by atoms with Gasteiger partial charge in [0.15, 0.2) is 5.82 Å². The van der Waals surface area contributed by atoms with Crippen molar-refractivity contribution in [1.82, 2.24) is 14.9 Å². The van der Waals surface area contributed by atoms with Crippen LogP contribution in [0.1, 0.15) is 11.3 Å². The summed E-state index contributed by atoms with van der Waals surface area (Å²) in [7, 11) is 0. The van der Waals surface area contributed by atoms with E-state index in [1.165, 1.54) is 12.4 Å². The van der Waals surface area contributed by atoms with Crippen LogP contribution >= 0.6 is 0 Å². The molecule has 0 amide bonds. The third kappa shape index (κ3) is 3.81. The first-order valence-electron chi connectivity index (χ1n) is 8.76. The zero-order valence-corrected chi connectivity index (χ0v) is 14.7. The van der Waals surface area contributed by atoms with Crippen LogP contribution in [0.15, 0.2) is 53.2 Å². The van der Waals surface area contributed by atoms with Crippen molar-refractivity contribution in [3.63, 3.8) is 0 Å². The number of aromatic nitrogens is 2. The highest BCUT2D eigenvalue weighted by Gasteiger charge is 2.20. The van der Waals surface area contributed by atoms with Gasteiger partial charge in [0, 0.05) is 31.7 Å². The quantitative estimate of drug-likeness (QED) is 0.710. The lowest BCUT2D eigenvalue weighted by Crippen LogP contribution is -2.46. The molecular formula is C20H18FN5O. The summed E-state index contributed by atoms with van der Waals surface area (Å²) < 4.78 is 18.9. The van der Waals surface area contributed by atoms with Crippen molar-refractivity contribution in [3.05, 3.63) is 65.9 Å². The fourth-order valence-corrected chi connectivity index (χ4v) is 3.20. The maximum Gasteiger partial charge on any atom is 0.225 e. The average molecular weight is 363 g/mol. The van der Waals surface area contributed by atoms with Gasteiger partial charge in [-0.25, -0.2) is 14.4 Å². The molecule has 0 saturated carbocycles. The first-order valence-corrected chi connectivity index (χ1v) is 8.76. The van der Waals surface area contributed by atoms with Crippen LogP contribution in [0.25, 0.3) is 11.3 Å². The van der Waals surface area contributed by atoms with Crippen LogP contribution in [0.2, 0.25) is 0 Å².